The van der Waals surface area contributed by atoms with Crippen molar-refractivity contribution in [2.75, 3.05) is 6.54 Å². The lowest BCUT2D eigenvalue weighted by atomic mass is 10.1. The van der Waals surface area contributed by atoms with E-state index in [1.54, 1.807) is 6.92 Å². The maximum absolute atomic E-state index is 11.8. The molecule has 1 unspecified atom stereocenters. The van der Waals surface area contributed by atoms with E-state index in [1.807, 2.05) is 13.8 Å². The van der Waals surface area contributed by atoms with Crippen molar-refractivity contribution in [2.24, 2.45) is 5.92 Å². The van der Waals surface area contributed by atoms with Gasteiger partial charge in [0.25, 0.3) is 0 Å². The molecule has 0 amide bonds. The van der Waals surface area contributed by atoms with Crippen molar-refractivity contribution in [1.29, 1.82) is 0 Å². The third-order valence-electron chi connectivity index (χ3n) is 2.33. The van der Waals surface area contributed by atoms with E-state index in [-0.39, 0.29) is 17.4 Å². The zero-order valence-corrected chi connectivity index (χ0v) is 10.4. The average Bonchev–Trinajstić information content (AvgIpc) is 2.61. The highest BCUT2D eigenvalue weighted by molar-refractivity contribution is 7.89. The van der Waals surface area contributed by atoms with Gasteiger partial charge < -0.3 is 5.11 Å². The summed E-state index contributed by atoms with van der Waals surface area (Å²) in [5, 5.41) is 15.7. The van der Waals surface area contributed by atoms with Crippen LogP contribution < -0.4 is 4.72 Å². The number of nitrogens with one attached hydrogen (secondary N) is 2. The highest BCUT2D eigenvalue weighted by Gasteiger charge is 2.20. The normalized spacial score (nSPS) is 14.3. The molecule has 3 N–H and O–H groups in total. The van der Waals surface area contributed by atoms with Crippen LogP contribution in [0.15, 0.2) is 11.1 Å². The molecule has 0 aliphatic rings. The number of sulfonamides is 1. The van der Waals surface area contributed by atoms with Crippen molar-refractivity contribution in [1.82, 2.24) is 14.9 Å². The molecule has 92 valence electrons. The van der Waals surface area contributed by atoms with Gasteiger partial charge >= 0.3 is 0 Å². The first-order valence-electron chi connectivity index (χ1n) is 5.02. The van der Waals surface area contributed by atoms with Crippen molar-refractivity contribution < 1.29 is 13.5 Å². The second kappa shape index (κ2) is 4.94. The Hall–Kier alpha value is -0.920. The standard InChI is InChI=1S/C9H17N3O3S/c1-6(2)8(13)4-11-16(14,15)9-5-10-12-7(9)3/h5-6,8,11,13H,4H2,1-3H3,(H,10,12). The van der Waals surface area contributed by atoms with E-state index in [0.717, 1.165) is 0 Å². The van der Waals surface area contributed by atoms with E-state index in [1.165, 1.54) is 6.20 Å². The lowest BCUT2D eigenvalue weighted by Gasteiger charge is -2.14. The van der Waals surface area contributed by atoms with Crippen LogP contribution in [0, 0.1) is 12.8 Å². The minimum atomic E-state index is -3.58. The van der Waals surface area contributed by atoms with Gasteiger partial charge in [0.1, 0.15) is 4.90 Å². The number of H-pyrrole nitrogens is 1. The molecule has 0 aliphatic heterocycles. The van der Waals surface area contributed by atoms with Crippen LogP contribution in [0.5, 0.6) is 0 Å². The summed E-state index contributed by atoms with van der Waals surface area (Å²) >= 11 is 0. The molecule has 1 heterocycles. The number of hydrogen-bond donors (Lipinski definition) is 3. The van der Waals surface area contributed by atoms with Gasteiger partial charge in [0, 0.05) is 6.54 Å². The maximum atomic E-state index is 11.8. The molecule has 0 aliphatic carbocycles. The Balaban J connectivity index is 2.71. The molecule has 0 fully saturated rings. The van der Waals surface area contributed by atoms with Gasteiger partial charge in [-0.2, -0.15) is 5.10 Å². The summed E-state index contributed by atoms with van der Waals surface area (Å²) < 4.78 is 25.9. The molecule has 0 saturated heterocycles. The van der Waals surface area contributed by atoms with Gasteiger partial charge in [0.15, 0.2) is 0 Å². The summed E-state index contributed by atoms with van der Waals surface area (Å²) in [5.74, 6) is 0.00754. The number of hydrogen-bond acceptors (Lipinski definition) is 4. The summed E-state index contributed by atoms with van der Waals surface area (Å²) in [6.07, 6.45) is 0.557. The number of nitrogens with zero attached hydrogens (tertiary/aromatic N) is 1. The molecular weight excluding hydrogens is 230 g/mol. The summed E-state index contributed by atoms with van der Waals surface area (Å²) in [6.45, 7) is 5.27. The highest BCUT2D eigenvalue weighted by Crippen LogP contribution is 2.11. The van der Waals surface area contributed by atoms with Crippen LogP contribution in [0.25, 0.3) is 0 Å². The maximum Gasteiger partial charge on any atom is 0.244 e. The monoisotopic (exact) mass is 247 g/mol. The zero-order chi connectivity index (χ0) is 12.3. The average molecular weight is 247 g/mol. The predicted octanol–water partition coefficient (Wildman–Crippen LogP) is 0.0133. The van der Waals surface area contributed by atoms with Crippen LogP contribution in [0.4, 0.5) is 0 Å². The summed E-state index contributed by atoms with van der Waals surface area (Å²) in [5.41, 5.74) is 0.478. The lowest BCUT2D eigenvalue weighted by Crippen LogP contribution is -2.34. The van der Waals surface area contributed by atoms with Gasteiger partial charge in [-0.1, -0.05) is 13.8 Å². The number of aliphatic hydroxyl groups excluding tert-OH is 1. The van der Waals surface area contributed by atoms with Crippen molar-refractivity contribution >= 4 is 10.0 Å². The Morgan fingerprint density at radius 3 is 2.62 bits per heavy atom. The van der Waals surface area contributed by atoms with Gasteiger partial charge in [-0.25, -0.2) is 13.1 Å². The Bertz CT molecular complexity index is 439. The summed E-state index contributed by atoms with van der Waals surface area (Å²) in [7, 11) is -3.58. The number of rotatable bonds is 5. The van der Waals surface area contributed by atoms with E-state index >= 15 is 0 Å². The first kappa shape index (κ1) is 13.1. The minimum absolute atomic E-state index is 0.00458. The predicted molar refractivity (Wildman–Crippen MR) is 59.4 cm³/mol. The second-order valence-electron chi connectivity index (χ2n) is 4.02. The second-order valence-corrected chi connectivity index (χ2v) is 5.76. The Kier molecular flexibility index (Phi) is 4.06. The minimum Gasteiger partial charge on any atom is -0.391 e. The van der Waals surface area contributed by atoms with E-state index in [9.17, 15) is 13.5 Å². The van der Waals surface area contributed by atoms with Gasteiger partial charge in [-0.3, -0.25) is 5.10 Å². The molecule has 0 saturated carbocycles. The quantitative estimate of drug-likeness (QED) is 0.683. The fourth-order valence-electron chi connectivity index (χ4n) is 1.12. The van der Waals surface area contributed by atoms with E-state index < -0.39 is 16.1 Å². The van der Waals surface area contributed by atoms with Gasteiger partial charge in [-0.05, 0) is 12.8 Å². The first-order valence-corrected chi connectivity index (χ1v) is 6.50. The van der Waals surface area contributed by atoms with Crippen LogP contribution >= 0.6 is 0 Å². The molecule has 1 atom stereocenters. The highest BCUT2D eigenvalue weighted by atomic mass is 32.2. The van der Waals surface area contributed by atoms with Crippen LogP contribution in [-0.2, 0) is 10.0 Å². The number of aryl methyl sites for hydroxylation is 1. The topological polar surface area (TPSA) is 95.1 Å². The fraction of sp³-hybridized carbons (Fsp3) is 0.667. The van der Waals surface area contributed by atoms with Gasteiger partial charge in [-0.15, -0.1) is 0 Å². The Morgan fingerprint density at radius 2 is 2.19 bits per heavy atom. The molecular formula is C9H17N3O3S. The van der Waals surface area contributed by atoms with Crippen LogP contribution in [-0.4, -0.2) is 36.4 Å². The zero-order valence-electron chi connectivity index (χ0n) is 9.56. The largest absolute Gasteiger partial charge is 0.391 e. The molecule has 1 aromatic heterocycles. The molecule has 1 aromatic rings. The Morgan fingerprint density at radius 1 is 1.56 bits per heavy atom. The van der Waals surface area contributed by atoms with Crippen LogP contribution in [0.1, 0.15) is 19.5 Å². The SMILES string of the molecule is Cc1[nH]ncc1S(=O)(=O)NCC(O)C(C)C. The molecule has 0 aromatic carbocycles. The third-order valence-corrected chi connectivity index (χ3v) is 3.86. The molecule has 6 nitrogen and oxygen atoms in total. The molecule has 0 spiro atoms. The van der Waals surface area contributed by atoms with Crippen molar-refractivity contribution in [3.05, 3.63) is 11.9 Å². The first-order chi connectivity index (χ1) is 7.34. The van der Waals surface area contributed by atoms with Crippen molar-refractivity contribution in [2.45, 2.75) is 31.8 Å². The molecule has 16 heavy (non-hydrogen) atoms. The molecule has 0 radical (unpaired) electrons. The van der Waals surface area contributed by atoms with E-state index in [0.29, 0.717) is 5.69 Å². The van der Waals surface area contributed by atoms with Crippen molar-refractivity contribution in [3.8, 4) is 0 Å². The number of aromatic amines is 1. The van der Waals surface area contributed by atoms with E-state index in [4.69, 9.17) is 0 Å². The summed E-state index contributed by atoms with van der Waals surface area (Å²) in [4.78, 5) is 0.114. The smallest absolute Gasteiger partial charge is 0.244 e. The van der Waals surface area contributed by atoms with Crippen LogP contribution in [0.3, 0.4) is 0 Å². The van der Waals surface area contributed by atoms with Crippen LogP contribution in [0.2, 0.25) is 0 Å². The van der Waals surface area contributed by atoms with Gasteiger partial charge in [0.2, 0.25) is 10.0 Å². The molecule has 0 bridgehead atoms. The Labute approximate surface area is 95.1 Å². The van der Waals surface area contributed by atoms with E-state index in [2.05, 4.69) is 14.9 Å². The third kappa shape index (κ3) is 3.03. The lowest BCUT2D eigenvalue weighted by molar-refractivity contribution is 0.129. The molecule has 7 heteroatoms. The summed E-state index contributed by atoms with van der Waals surface area (Å²) in [6, 6.07) is 0. The molecule has 1 rings (SSSR count). The van der Waals surface area contributed by atoms with Crippen molar-refractivity contribution in [3.63, 3.8) is 0 Å². The number of aliphatic hydroxyl groups is 1. The fourth-order valence-corrected chi connectivity index (χ4v) is 2.31. The van der Waals surface area contributed by atoms with Gasteiger partial charge in [0.05, 0.1) is 18.0 Å². The number of aromatic nitrogens is 2.